The van der Waals surface area contributed by atoms with Crippen molar-refractivity contribution in [2.75, 3.05) is 17.2 Å². The summed E-state index contributed by atoms with van der Waals surface area (Å²) in [5.74, 6) is -0.850. The predicted octanol–water partition coefficient (Wildman–Crippen LogP) is 3.72. The molecule has 0 saturated heterocycles. The van der Waals surface area contributed by atoms with Crippen LogP contribution in [0.25, 0.3) is 5.69 Å². The summed E-state index contributed by atoms with van der Waals surface area (Å²) in [6.45, 7) is -0.0387. The molecule has 0 unspecified atom stereocenters. The molecule has 2 aromatic carbocycles. The van der Waals surface area contributed by atoms with Crippen LogP contribution in [0.2, 0.25) is 5.02 Å². The molecule has 1 aromatic heterocycles. The van der Waals surface area contributed by atoms with E-state index in [-0.39, 0.29) is 18.1 Å². The van der Waals surface area contributed by atoms with Crippen LogP contribution in [-0.4, -0.2) is 22.2 Å². The number of hydrogen-bond donors (Lipinski definition) is 2. The predicted molar refractivity (Wildman–Crippen MR) is 92.1 cm³/mol. The second kappa shape index (κ2) is 7.14. The lowest BCUT2D eigenvalue weighted by atomic mass is 10.2. The minimum atomic E-state index is -0.481. The normalized spacial score (nSPS) is 10.4. The van der Waals surface area contributed by atoms with Gasteiger partial charge in [-0.3, -0.25) is 4.79 Å². The van der Waals surface area contributed by atoms with E-state index in [4.69, 9.17) is 11.6 Å². The van der Waals surface area contributed by atoms with E-state index in [1.165, 1.54) is 12.1 Å². The van der Waals surface area contributed by atoms with Crippen molar-refractivity contribution in [1.82, 2.24) is 9.78 Å². The molecule has 24 heavy (non-hydrogen) atoms. The molecule has 2 N–H and O–H groups in total. The van der Waals surface area contributed by atoms with Crippen LogP contribution in [0.4, 0.5) is 15.8 Å². The van der Waals surface area contributed by atoms with Gasteiger partial charge in [-0.1, -0.05) is 23.7 Å². The standard InChI is InChI=1S/C17H14ClFN4O/c18-12-6-7-16(23-9-3-8-21-23)15(10-12)20-11-17(24)22-14-5-2-1-4-13(14)19/h1-10,20H,11H2,(H,22,24). The van der Waals surface area contributed by atoms with Crippen LogP contribution < -0.4 is 10.6 Å². The second-order valence-electron chi connectivity index (χ2n) is 4.99. The molecule has 1 heterocycles. The molecule has 0 aliphatic carbocycles. The number of para-hydroxylation sites is 1. The van der Waals surface area contributed by atoms with Gasteiger partial charge in [-0.25, -0.2) is 9.07 Å². The van der Waals surface area contributed by atoms with E-state index in [1.54, 1.807) is 53.5 Å². The van der Waals surface area contributed by atoms with Crippen molar-refractivity contribution in [3.63, 3.8) is 0 Å². The van der Waals surface area contributed by atoms with Gasteiger partial charge in [0.05, 0.1) is 23.6 Å². The lowest BCUT2D eigenvalue weighted by Crippen LogP contribution is -2.22. The maximum Gasteiger partial charge on any atom is 0.243 e. The number of anilines is 2. The first-order valence-electron chi connectivity index (χ1n) is 7.21. The van der Waals surface area contributed by atoms with Crippen LogP contribution in [0.1, 0.15) is 0 Å². The highest BCUT2D eigenvalue weighted by molar-refractivity contribution is 6.31. The van der Waals surface area contributed by atoms with E-state index < -0.39 is 5.82 Å². The smallest absolute Gasteiger partial charge is 0.243 e. The zero-order valence-corrected chi connectivity index (χ0v) is 13.3. The van der Waals surface area contributed by atoms with E-state index in [0.717, 1.165) is 5.69 Å². The number of rotatable bonds is 5. The zero-order chi connectivity index (χ0) is 16.9. The summed E-state index contributed by atoms with van der Waals surface area (Å²) in [7, 11) is 0. The van der Waals surface area contributed by atoms with Gasteiger partial charge in [0.15, 0.2) is 0 Å². The molecule has 0 saturated carbocycles. The quantitative estimate of drug-likeness (QED) is 0.741. The Kier molecular flexibility index (Phi) is 4.77. The van der Waals surface area contributed by atoms with Gasteiger partial charge in [-0.2, -0.15) is 5.10 Å². The molecule has 0 aliphatic heterocycles. The molecule has 1 amide bonds. The van der Waals surface area contributed by atoms with E-state index >= 15 is 0 Å². The number of nitrogens with one attached hydrogen (secondary N) is 2. The second-order valence-corrected chi connectivity index (χ2v) is 5.43. The zero-order valence-electron chi connectivity index (χ0n) is 12.5. The van der Waals surface area contributed by atoms with Gasteiger partial charge >= 0.3 is 0 Å². The molecular weight excluding hydrogens is 331 g/mol. The molecule has 0 atom stereocenters. The van der Waals surface area contributed by atoms with Gasteiger partial charge < -0.3 is 10.6 Å². The van der Waals surface area contributed by atoms with Crippen LogP contribution in [-0.2, 0) is 4.79 Å². The lowest BCUT2D eigenvalue weighted by molar-refractivity contribution is -0.114. The van der Waals surface area contributed by atoms with Crippen molar-refractivity contribution in [1.29, 1.82) is 0 Å². The van der Waals surface area contributed by atoms with Crippen LogP contribution >= 0.6 is 11.6 Å². The van der Waals surface area contributed by atoms with Gasteiger partial charge in [0.2, 0.25) is 5.91 Å². The van der Waals surface area contributed by atoms with Crippen molar-refractivity contribution in [3.05, 3.63) is 71.8 Å². The molecule has 122 valence electrons. The highest BCUT2D eigenvalue weighted by atomic mass is 35.5. The number of carbonyl (C=O) groups excluding carboxylic acids is 1. The number of halogens is 2. The van der Waals surface area contributed by atoms with Gasteiger partial charge in [0.1, 0.15) is 5.82 Å². The molecule has 5 nitrogen and oxygen atoms in total. The molecule has 0 fully saturated rings. The largest absolute Gasteiger partial charge is 0.374 e. The third-order valence-corrected chi connectivity index (χ3v) is 3.53. The maximum atomic E-state index is 13.6. The molecular formula is C17H14ClFN4O. The van der Waals surface area contributed by atoms with E-state index in [2.05, 4.69) is 15.7 Å². The third-order valence-electron chi connectivity index (χ3n) is 3.30. The molecule has 3 rings (SSSR count). The minimum Gasteiger partial charge on any atom is -0.374 e. The molecule has 0 spiro atoms. The lowest BCUT2D eigenvalue weighted by Gasteiger charge is -2.13. The number of hydrogen-bond acceptors (Lipinski definition) is 3. The summed E-state index contributed by atoms with van der Waals surface area (Å²) >= 11 is 6.02. The van der Waals surface area contributed by atoms with Gasteiger partial charge in [0.25, 0.3) is 0 Å². The third kappa shape index (κ3) is 3.72. The first-order chi connectivity index (χ1) is 11.6. The van der Waals surface area contributed by atoms with Crippen LogP contribution in [0, 0.1) is 5.82 Å². The van der Waals surface area contributed by atoms with Crippen molar-refractivity contribution in [2.45, 2.75) is 0 Å². The monoisotopic (exact) mass is 344 g/mol. The van der Waals surface area contributed by atoms with Crippen molar-refractivity contribution in [3.8, 4) is 5.69 Å². The Hall–Kier alpha value is -2.86. The molecule has 0 radical (unpaired) electrons. The van der Waals surface area contributed by atoms with Gasteiger partial charge in [0, 0.05) is 17.4 Å². The topological polar surface area (TPSA) is 59.0 Å². The Labute approximate surface area is 143 Å². The molecule has 0 aliphatic rings. The highest BCUT2D eigenvalue weighted by Gasteiger charge is 2.09. The summed E-state index contributed by atoms with van der Waals surface area (Å²) in [4.78, 5) is 12.0. The minimum absolute atomic E-state index is 0.0387. The van der Waals surface area contributed by atoms with Gasteiger partial charge in [-0.05, 0) is 36.4 Å². The van der Waals surface area contributed by atoms with E-state index in [1.807, 2.05) is 0 Å². The Morgan fingerprint density at radius 2 is 2.00 bits per heavy atom. The number of aromatic nitrogens is 2. The van der Waals surface area contributed by atoms with Crippen LogP contribution in [0.15, 0.2) is 60.9 Å². The van der Waals surface area contributed by atoms with Crippen molar-refractivity contribution >= 4 is 28.9 Å². The summed E-state index contributed by atoms with van der Waals surface area (Å²) in [5.41, 5.74) is 1.54. The summed E-state index contributed by atoms with van der Waals surface area (Å²) in [6.07, 6.45) is 3.44. The Bertz CT molecular complexity index is 852. The van der Waals surface area contributed by atoms with E-state index in [0.29, 0.717) is 10.7 Å². The SMILES string of the molecule is O=C(CNc1cc(Cl)ccc1-n1cccn1)Nc1ccccc1F. The number of benzene rings is 2. The molecule has 3 aromatic rings. The summed E-state index contributed by atoms with van der Waals surface area (Å²) < 4.78 is 15.2. The Balaban J connectivity index is 1.71. The average molecular weight is 345 g/mol. The average Bonchev–Trinajstić information content (AvgIpc) is 3.09. The van der Waals surface area contributed by atoms with Crippen LogP contribution in [0.3, 0.4) is 0 Å². The highest BCUT2D eigenvalue weighted by Crippen LogP contribution is 2.24. The number of amides is 1. The first kappa shape index (κ1) is 16.0. The van der Waals surface area contributed by atoms with Gasteiger partial charge in [-0.15, -0.1) is 0 Å². The van der Waals surface area contributed by atoms with Crippen LogP contribution in [0.5, 0.6) is 0 Å². The summed E-state index contributed by atoms with van der Waals surface area (Å²) in [5, 5.41) is 10.2. The fourth-order valence-corrected chi connectivity index (χ4v) is 2.37. The first-order valence-corrected chi connectivity index (χ1v) is 7.59. The Morgan fingerprint density at radius 1 is 1.17 bits per heavy atom. The maximum absolute atomic E-state index is 13.6. The van der Waals surface area contributed by atoms with Crippen molar-refractivity contribution in [2.24, 2.45) is 0 Å². The fourth-order valence-electron chi connectivity index (χ4n) is 2.19. The number of nitrogens with zero attached hydrogens (tertiary/aromatic N) is 2. The number of carbonyl (C=O) groups is 1. The fraction of sp³-hybridized carbons (Fsp3) is 0.0588. The summed E-state index contributed by atoms with van der Waals surface area (Å²) in [6, 6.07) is 13.0. The molecule has 0 bridgehead atoms. The molecule has 7 heteroatoms. The van der Waals surface area contributed by atoms with E-state index in [9.17, 15) is 9.18 Å². The Morgan fingerprint density at radius 3 is 2.75 bits per heavy atom. The van der Waals surface area contributed by atoms with Crippen molar-refractivity contribution < 1.29 is 9.18 Å².